The van der Waals surface area contributed by atoms with Gasteiger partial charge < -0.3 is 14.8 Å². The molecule has 0 amide bonds. The van der Waals surface area contributed by atoms with Crippen molar-refractivity contribution in [2.45, 2.75) is 39.7 Å². The summed E-state index contributed by atoms with van der Waals surface area (Å²) in [7, 11) is 0. The summed E-state index contributed by atoms with van der Waals surface area (Å²) in [5.41, 5.74) is 0.710. The van der Waals surface area contributed by atoms with Crippen molar-refractivity contribution in [3.63, 3.8) is 0 Å². The molecule has 0 radical (unpaired) electrons. The zero-order chi connectivity index (χ0) is 15.6. The van der Waals surface area contributed by atoms with Crippen molar-refractivity contribution in [3.05, 3.63) is 40.2 Å². The van der Waals surface area contributed by atoms with Crippen LogP contribution in [0.4, 0.5) is 0 Å². The number of nitrogens with zero attached hydrogens (tertiary/aromatic N) is 1. The maximum absolute atomic E-state index is 12.0. The fourth-order valence-corrected chi connectivity index (χ4v) is 2.09. The van der Waals surface area contributed by atoms with Gasteiger partial charge in [0.2, 0.25) is 5.88 Å². The van der Waals surface area contributed by atoms with Crippen LogP contribution in [0.25, 0.3) is 11.4 Å². The fourth-order valence-electron chi connectivity index (χ4n) is 2.09. The molecule has 0 saturated carbocycles. The zero-order valence-corrected chi connectivity index (χ0v) is 12.7. The predicted molar refractivity (Wildman–Crippen MR) is 81.8 cm³/mol. The number of rotatable bonds is 4. The highest BCUT2D eigenvalue weighted by Crippen LogP contribution is 2.24. The Morgan fingerprint density at radius 2 is 1.76 bits per heavy atom. The average molecular weight is 288 g/mol. The van der Waals surface area contributed by atoms with E-state index in [1.807, 2.05) is 39.8 Å². The minimum absolute atomic E-state index is 0.0860. The van der Waals surface area contributed by atoms with Gasteiger partial charge in [-0.25, -0.2) is 0 Å². The van der Waals surface area contributed by atoms with Crippen molar-refractivity contribution in [1.29, 1.82) is 0 Å². The second-order valence-electron chi connectivity index (χ2n) is 5.50. The van der Waals surface area contributed by atoms with Gasteiger partial charge in [-0.05, 0) is 44.0 Å². The molecule has 0 saturated heterocycles. The Morgan fingerprint density at radius 1 is 1.14 bits per heavy atom. The number of aromatic hydroxyl groups is 1. The molecule has 5 heteroatoms. The van der Waals surface area contributed by atoms with E-state index >= 15 is 0 Å². The SMILES string of the molecule is CC(C)Oc1ccc(-c2nc(O)c(C(C)C)c(=O)[nH]2)cc1. The first-order chi connectivity index (χ1) is 9.88. The molecule has 0 aliphatic heterocycles. The number of aromatic nitrogens is 2. The minimum Gasteiger partial charge on any atom is -0.493 e. The molecule has 2 aromatic rings. The van der Waals surface area contributed by atoms with Gasteiger partial charge in [-0.3, -0.25) is 4.79 Å². The second-order valence-corrected chi connectivity index (χ2v) is 5.50. The Bertz CT molecular complexity index is 673. The van der Waals surface area contributed by atoms with Crippen LogP contribution in [0.2, 0.25) is 0 Å². The Morgan fingerprint density at radius 3 is 2.24 bits per heavy atom. The molecule has 1 aromatic carbocycles. The van der Waals surface area contributed by atoms with Crippen LogP contribution >= 0.6 is 0 Å². The summed E-state index contributed by atoms with van der Waals surface area (Å²) in [6.45, 7) is 7.58. The van der Waals surface area contributed by atoms with Crippen LogP contribution in [-0.2, 0) is 0 Å². The van der Waals surface area contributed by atoms with E-state index in [1.165, 1.54) is 0 Å². The molecule has 112 valence electrons. The van der Waals surface area contributed by atoms with Gasteiger partial charge in [-0.2, -0.15) is 4.98 Å². The van der Waals surface area contributed by atoms with Crippen molar-refractivity contribution in [1.82, 2.24) is 9.97 Å². The zero-order valence-electron chi connectivity index (χ0n) is 12.7. The van der Waals surface area contributed by atoms with E-state index in [1.54, 1.807) is 12.1 Å². The first kappa shape index (κ1) is 15.1. The second kappa shape index (κ2) is 5.99. The minimum atomic E-state index is -0.310. The summed E-state index contributed by atoms with van der Waals surface area (Å²) in [6, 6.07) is 7.21. The Hall–Kier alpha value is -2.30. The Kier molecular flexibility index (Phi) is 4.31. The quantitative estimate of drug-likeness (QED) is 0.906. The third-order valence-electron chi connectivity index (χ3n) is 3.01. The van der Waals surface area contributed by atoms with E-state index in [9.17, 15) is 9.90 Å². The number of hydrogen-bond donors (Lipinski definition) is 2. The van der Waals surface area contributed by atoms with Gasteiger partial charge in [0.15, 0.2) is 0 Å². The Balaban J connectivity index is 2.37. The topological polar surface area (TPSA) is 75.2 Å². The largest absolute Gasteiger partial charge is 0.493 e. The van der Waals surface area contributed by atoms with Crippen molar-refractivity contribution in [3.8, 4) is 23.0 Å². The summed E-state index contributed by atoms with van der Waals surface area (Å²) < 4.78 is 5.56. The number of aromatic amines is 1. The highest BCUT2D eigenvalue weighted by molar-refractivity contribution is 5.57. The summed E-state index contributed by atoms with van der Waals surface area (Å²) in [6.07, 6.45) is 0.100. The lowest BCUT2D eigenvalue weighted by Gasteiger charge is -2.11. The lowest BCUT2D eigenvalue weighted by atomic mass is 10.1. The molecule has 5 nitrogen and oxygen atoms in total. The molecule has 0 fully saturated rings. The molecule has 1 heterocycles. The molecule has 2 rings (SSSR count). The van der Waals surface area contributed by atoms with E-state index in [-0.39, 0.29) is 23.5 Å². The van der Waals surface area contributed by atoms with Crippen molar-refractivity contribution in [2.24, 2.45) is 0 Å². The van der Waals surface area contributed by atoms with Crippen molar-refractivity contribution < 1.29 is 9.84 Å². The first-order valence-corrected chi connectivity index (χ1v) is 6.98. The monoisotopic (exact) mass is 288 g/mol. The lowest BCUT2D eigenvalue weighted by molar-refractivity contribution is 0.242. The van der Waals surface area contributed by atoms with Gasteiger partial charge in [0.05, 0.1) is 11.7 Å². The molecular formula is C16H20N2O3. The van der Waals surface area contributed by atoms with Crippen LogP contribution in [0.5, 0.6) is 11.6 Å². The van der Waals surface area contributed by atoms with Gasteiger partial charge in [-0.15, -0.1) is 0 Å². The average Bonchev–Trinajstić information content (AvgIpc) is 2.37. The molecule has 1 aromatic heterocycles. The van der Waals surface area contributed by atoms with E-state index in [0.29, 0.717) is 17.0 Å². The van der Waals surface area contributed by atoms with Crippen LogP contribution in [0, 0.1) is 0 Å². The molecule has 0 aliphatic carbocycles. The van der Waals surface area contributed by atoms with Crippen LogP contribution in [-0.4, -0.2) is 21.2 Å². The molecule has 21 heavy (non-hydrogen) atoms. The number of benzene rings is 1. The third-order valence-corrected chi connectivity index (χ3v) is 3.01. The van der Waals surface area contributed by atoms with E-state index in [0.717, 1.165) is 5.75 Å². The van der Waals surface area contributed by atoms with Gasteiger partial charge in [0, 0.05) is 5.56 Å². The van der Waals surface area contributed by atoms with Gasteiger partial charge in [0.1, 0.15) is 11.6 Å². The molecule has 0 aliphatic rings. The first-order valence-electron chi connectivity index (χ1n) is 6.98. The highest BCUT2D eigenvalue weighted by atomic mass is 16.5. The number of H-pyrrole nitrogens is 1. The van der Waals surface area contributed by atoms with Gasteiger partial charge >= 0.3 is 0 Å². The normalized spacial score (nSPS) is 11.1. The molecular weight excluding hydrogens is 268 g/mol. The van der Waals surface area contributed by atoms with Gasteiger partial charge in [-0.1, -0.05) is 13.8 Å². The maximum atomic E-state index is 12.0. The van der Waals surface area contributed by atoms with Crippen LogP contribution < -0.4 is 10.3 Å². The number of ether oxygens (including phenoxy) is 1. The lowest BCUT2D eigenvalue weighted by Crippen LogP contribution is -2.16. The highest BCUT2D eigenvalue weighted by Gasteiger charge is 2.14. The molecule has 0 unspecified atom stereocenters. The van der Waals surface area contributed by atoms with Crippen LogP contribution in [0.15, 0.2) is 29.1 Å². The molecule has 0 bridgehead atoms. The molecule has 2 N–H and O–H groups in total. The maximum Gasteiger partial charge on any atom is 0.258 e. The van der Waals surface area contributed by atoms with Crippen molar-refractivity contribution in [2.75, 3.05) is 0 Å². The molecule has 0 spiro atoms. The smallest absolute Gasteiger partial charge is 0.258 e. The molecule has 0 atom stereocenters. The van der Waals surface area contributed by atoms with E-state index in [2.05, 4.69) is 9.97 Å². The van der Waals surface area contributed by atoms with Gasteiger partial charge in [0.25, 0.3) is 5.56 Å². The van der Waals surface area contributed by atoms with Crippen LogP contribution in [0.1, 0.15) is 39.2 Å². The predicted octanol–water partition coefficient (Wildman–Crippen LogP) is 3.05. The summed E-state index contributed by atoms with van der Waals surface area (Å²) in [5, 5.41) is 9.92. The van der Waals surface area contributed by atoms with Crippen molar-refractivity contribution >= 4 is 0 Å². The van der Waals surface area contributed by atoms with Crippen LogP contribution in [0.3, 0.4) is 0 Å². The summed E-state index contributed by atoms with van der Waals surface area (Å²) in [4.78, 5) is 18.8. The summed E-state index contributed by atoms with van der Waals surface area (Å²) >= 11 is 0. The standard InChI is InChI=1S/C16H20N2O3/c1-9(2)13-15(19)17-14(18-16(13)20)11-5-7-12(8-6-11)21-10(3)4/h5-10H,1-4H3,(H2,17,18,19,20). The fraction of sp³-hybridized carbons (Fsp3) is 0.375. The third kappa shape index (κ3) is 3.42. The number of nitrogens with one attached hydrogen (secondary N) is 1. The van der Waals surface area contributed by atoms with E-state index < -0.39 is 0 Å². The van der Waals surface area contributed by atoms with E-state index in [4.69, 9.17) is 4.74 Å². The Labute approximate surface area is 123 Å². The summed E-state index contributed by atoms with van der Waals surface area (Å²) in [5.74, 6) is 0.792. The number of hydrogen-bond acceptors (Lipinski definition) is 4.